The smallest absolute Gasteiger partial charge is 0.308 e. The van der Waals surface area contributed by atoms with Gasteiger partial charge in [-0.1, -0.05) is 22.0 Å². The molecule has 1 aromatic carbocycles. The van der Waals surface area contributed by atoms with Crippen LogP contribution in [0.3, 0.4) is 0 Å². The lowest BCUT2D eigenvalue weighted by atomic mass is 10.1. The second-order valence-electron chi connectivity index (χ2n) is 5.55. The summed E-state index contributed by atoms with van der Waals surface area (Å²) < 4.78 is 40.4. The predicted molar refractivity (Wildman–Crippen MR) is 93.4 cm³/mol. The summed E-state index contributed by atoms with van der Waals surface area (Å²) >= 11 is 3.24. The number of hydrogen-bond acceptors (Lipinski definition) is 3. The van der Waals surface area contributed by atoms with Crippen LogP contribution in [0.2, 0.25) is 0 Å². The number of alkyl halides is 3. The number of halogens is 4. The number of nitrogens with zero attached hydrogens (tertiary/aromatic N) is 2. The Labute approximate surface area is 151 Å². The molecule has 2 N–H and O–H groups in total. The molecule has 0 saturated heterocycles. The van der Waals surface area contributed by atoms with Crippen LogP contribution in [0, 0.1) is 0 Å². The largest absolute Gasteiger partial charge is 0.416 e. The number of benzene rings is 1. The van der Waals surface area contributed by atoms with Crippen LogP contribution in [0.4, 0.5) is 29.5 Å². The Morgan fingerprint density at radius 2 is 1.92 bits per heavy atom. The first-order chi connectivity index (χ1) is 11.6. The predicted octanol–water partition coefficient (Wildman–Crippen LogP) is 4.57. The lowest BCUT2D eigenvalue weighted by molar-refractivity contribution is -0.138. The molecule has 2 rings (SSSR count). The third kappa shape index (κ3) is 5.71. The number of amides is 2. The van der Waals surface area contributed by atoms with Crippen LogP contribution in [0.1, 0.15) is 11.1 Å². The van der Waals surface area contributed by atoms with Crippen LogP contribution >= 0.6 is 15.9 Å². The van der Waals surface area contributed by atoms with Crippen LogP contribution in [-0.2, 0) is 12.7 Å². The van der Waals surface area contributed by atoms with Crippen molar-refractivity contribution in [1.82, 2.24) is 9.88 Å². The Balaban J connectivity index is 2.17. The van der Waals surface area contributed by atoms with Gasteiger partial charge in [0, 0.05) is 22.9 Å². The van der Waals surface area contributed by atoms with E-state index in [2.05, 4.69) is 31.5 Å². The molecule has 0 bridgehead atoms. The zero-order valence-electron chi connectivity index (χ0n) is 13.5. The number of pyridine rings is 1. The molecule has 0 spiro atoms. The molecule has 0 aliphatic heterocycles. The number of carbonyl (C=O) groups excluding carboxylic acids is 1. The summed E-state index contributed by atoms with van der Waals surface area (Å²) in [6.07, 6.45) is -3.02. The molecule has 5 nitrogen and oxygen atoms in total. The second kappa shape index (κ2) is 7.83. The molecule has 0 aliphatic carbocycles. The first-order valence-corrected chi connectivity index (χ1v) is 7.99. The summed E-state index contributed by atoms with van der Waals surface area (Å²) in [4.78, 5) is 17.5. The van der Waals surface area contributed by atoms with E-state index in [9.17, 15) is 18.0 Å². The highest BCUT2D eigenvalue weighted by atomic mass is 79.9. The maximum absolute atomic E-state index is 13.2. The van der Waals surface area contributed by atoms with Gasteiger partial charge in [0.1, 0.15) is 5.82 Å². The number of urea groups is 1. The van der Waals surface area contributed by atoms with Crippen LogP contribution in [0.15, 0.2) is 41.0 Å². The topological polar surface area (TPSA) is 57.3 Å². The molecule has 2 aromatic rings. The fourth-order valence-corrected chi connectivity index (χ4v) is 2.48. The van der Waals surface area contributed by atoms with E-state index in [0.29, 0.717) is 4.47 Å². The number of aromatic nitrogens is 1. The van der Waals surface area contributed by atoms with Gasteiger partial charge in [0.2, 0.25) is 0 Å². The van der Waals surface area contributed by atoms with E-state index < -0.39 is 17.8 Å². The summed E-state index contributed by atoms with van der Waals surface area (Å²) in [5, 5.41) is 4.84. The van der Waals surface area contributed by atoms with E-state index in [1.807, 2.05) is 0 Å². The normalized spacial score (nSPS) is 11.5. The summed E-state index contributed by atoms with van der Waals surface area (Å²) in [5.41, 5.74) is -0.598. The van der Waals surface area contributed by atoms with Crippen molar-refractivity contribution in [3.8, 4) is 0 Å². The van der Waals surface area contributed by atoms with Gasteiger partial charge in [-0.2, -0.15) is 13.2 Å². The van der Waals surface area contributed by atoms with Crippen LogP contribution in [0.5, 0.6) is 0 Å². The molecule has 0 unspecified atom stereocenters. The van der Waals surface area contributed by atoms with Crippen molar-refractivity contribution in [3.63, 3.8) is 0 Å². The Bertz CT molecular complexity index is 765. The molecular formula is C16H16BrF3N4O. The molecule has 0 saturated carbocycles. The lowest BCUT2D eigenvalue weighted by Crippen LogP contribution is -2.21. The average molecular weight is 417 g/mol. The van der Waals surface area contributed by atoms with Crippen molar-refractivity contribution in [2.75, 3.05) is 24.7 Å². The highest BCUT2D eigenvalue weighted by Crippen LogP contribution is 2.34. The van der Waals surface area contributed by atoms with Crippen LogP contribution in [-0.4, -0.2) is 30.0 Å². The molecule has 25 heavy (non-hydrogen) atoms. The van der Waals surface area contributed by atoms with E-state index >= 15 is 0 Å². The molecule has 9 heteroatoms. The van der Waals surface area contributed by atoms with Crippen molar-refractivity contribution in [2.24, 2.45) is 0 Å². The SMILES string of the molecule is CN(C)Cc1ccc(NC(=O)Nc2cc(Br)ccn2)cc1C(F)(F)F. The molecule has 1 heterocycles. The standard InChI is InChI=1S/C16H16BrF3N4O/c1-24(2)9-10-3-4-12(8-13(10)16(18,19)20)22-15(25)23-14-7-11(17)5-6-21-14/h3-8H,9H2,1-2H3,(H2,21,22,23,25). The first-order valence-electron chi connectivity index (χ1n) is 7.19. The average Bonchev–Trinajstić information content (AvgIpc) is 2.47. The molecule has 0 aliphatic rings. The van der Waals surface area contributed by atoms with Gasteiger partial charge in [0.25, 0.3) is 0 Å². The molecule has 0 radical (unpaired) electrons. The fourth-order valence-electron chi connectivity index (χ4n) is 2.15. The maximum Gasteiger partial charge on any atom is 0.416 e. The van der Waals surface area contributed by atoms with E-state index in [4.69, 9.17) is 0 Å². The first kappa shape index (κ1) is 19.2. The Kier molecular flexibility index (Phi) is 6.02. The molecule has 1 aromatic heterocycles. The van der Waals surface area contributed by atoms with Gasteiger partial charge in [0.15, 0.2) is 0 Å². The van der Waals surface area contributed by atoms with Gasteiger partial charge < -0.3 is 10.2 Å². The van der Waals surface area contributed by atoms with E-state index in [0.717, 1.165) is 6.07 Å². The van der Waals surface area contributed by atoms with Crippen LogP contribution in [0.25, 0.3) is 0 Å². The fraction of sp³-hybridized carbons (Fsp3) is 0.250. The van der Waals surface area contributed by atoms with Crippen molar-refractivity contribution in [2.45, 2.75) is 12.7 Å². The molecule has 2 amide bonds. The van der Waals surface area contributed by atoms with Gasteiger partial charge in [-0.25, -0.2) is 9.78 Å². The van der Waals surface area contributed by atoms with Gasteiger partial charge in [-0.3, -0.25) is 5.32 Å². The minimum Gasteiger partial charge on any atom is -0.308 e. The third-order valence-electron chi connectivity index (χ3n) is 3.12. The quantitative estimate of drug-likeness (QED) is 0.767. The minimum atomic E-state index is -4.51. The van der Waals surface area contributed by atoms with Gasteiger partial charge in [-0.05, 0) is 43.9 Å². The van der Waals surface area contributed by atoms with E-state index in [1.165, 1.54) is 18.3 Å². The summed E-state index contributed by atoms with van der Waals surface area (Å²) in [7, 11) is 3.37. The van der Waals surface area contributed by atoms with Crippen LogP contribution < -0.4 is 10.6 Å². The minimum absolute atomic E-state index is 0.0438. The van der Waals surface area contributed by atoms with Crippen molar-refractivity contribution >= 4 is 33.5 Å². The zero-order valence-corrected chi connectivity index (χ0v) is 15.1. The summed E-state index contributed by atoms with van der Waals surface area (Å²) in [5.74, 6) is 0.271. The van der Waals surface area contributed by atoms with Crippen molar-refractivity contribution in [1.29, 1.82) is 0 Å². The zero-order chi connectivity index (χ0) is 18.6. The molecule has 0 atom stereocenters. The number of rotatable bonds is 4. The number of hydrogen-bond donors (Lipinski definition) is 2. The maximum atomic E-state index is 13.2. The van der Waals surface area contributed by atoms with E-state index in [1.54, 1.807) is 31.1 Å². The van der Waals surface area contributed by atoms with Gasteiger partial charge in [0.05, 0.1) is 5.56 Å². The van der Waals surface area contributed by atoms with Crippen molar-refractivity contribution in [3.05, 3.63) is 52.1 Å². The van der Waals surface area contributed by atoms with E-state index in [-0.39, 0.29) is 23.6 Å². The van der Waals surface area contributed by atoms with Gasteiger partial charge >= 0.3 is 12.2 Å². The Hall–Kier alpha value is -2.13. The molecule has 0 fully saturated rings. The monoisotopic (exact) mass is 416 g/mol. The van der Waals surface area contributed by atoms with Crippen molar-refractivity contribution < 1.29 is 18.0 Å². The highest BCUT2D eigenvalue weighted by Gasteiger charge is 2.33. The van der Waals surface area contributed by atoms with Gasteiger partial charge in [-0.15, -0.1) is 0 Å². The number of anilines is 2. The number of carbonyl (C=O) groups is 1. The number of nitrogens with one attached hydrogen (secondary N) is 2. The molecule has 134 valence electrons. The highest BCUT2D eigenvalue weighted by molar-refractivity contribution is 9.10. The third-order valence-corrected chi connectivity index (χ3v) is 3.62. The second-order valence-corrected chi connectivity index (χ2v) is 6.46. The summed E-state index contributed by atoms with van der Waals surface area (Å²) in [6.45, 7) is 0.142. The Morgan fingerprint density at radius 1 is 1.20 bits per heavy atom. The Morgan fingerprint density at radius 3 is 2.52 bits per heavy atom. The lowest BCUT2D eigenvalue weighted by Gasteiger charge is -2.18. The summed E-state index contributed by atoms with van der Waals surface area (Å²) in [6, 6.07) is 6.28. The molecular weight excluding hydrogens is 401 g/mol.